The number of hydrogen-bond acceptors (Lipinski definition) is 7. The van der Waals surface area contributed by atoms with E-state index in [1.165, 1.54) is 13.1 Å². The maximum atomic E-state index is 13.7. The van der Waals surface area contributed by atoms with Crippen molar-refractivity contribution < 1.29 is 18.3 Å². The van der Waals surface area contributed by atoms with Crippen LogP contribution in [0.1, 0.15) is 63.4 Å². The fourth-order valence-electron chi connectivity index (χ4n) is 4.49. The van der Waals surface area contributed by atoms with Crippen molar-refractivity contribution in [3.05, 3.63) is 53.6 Å². The van der Waals surface area contributed by atoms with Crippen molar-refractivity contribution in [3.63, 3.8) is 0 Å². The zero-order valence-corrected chi connectivity index (χ0v) is 26.5. The van der Waals surface area contributed by atoms with E-state index in [2.05, 4.69) is 39.7 Å². The highest BCUT2D eigenvalue weighted by Crippen LogP contribution is 2.37. The van der Waals surface area contributed by atoms with Gasteiger partial charge in [0.15, 0.2) is 0 Å². The summed E-state index contributed by atoms with van der Waals surface area (Å²) in [5.74, 6) is 7.89. The molecule has 1 fully saturated rings. The second kappa shape index (κ2) is 15.4. The van der Waals surface area contributed by atoms with Crippen molar-refractivity contribution in [2.24, 2.45) is 17.8 Å². The van der Waals surface area contributed by atoms with Gasteiger partial charge in [-0.1, -0.05) is 51.1 Å². The molecule has 0 spiro atoms. The first-order valence-electron chi connectivity index (χ1n) is 14.8. The summed E-state index contributed by atoms with van der Waals surface area (Å²) < 4.78 is 27.0. The number of aromatic nitrogens is 1. The Hall–Kier alpha value is -3.13. The average molecular weight is 598 g/mol. The molecule has 1 amide bonds. The van der Waals surface area contributed by atoms with Crippen LogP contribution in [0.15, 0.2) is 42.5 Å². The molecule has 3 rings (SSSR count). The minimum absolute atomic E-state index is 0.159. The molecule has 42 heavy (non-hydrogen) atoms. The molecule has 2 aromatic rings. The number of nitrogens with one attached hydrogen (secondary N) is 3. The highest BCUT2D eigenvalue weighted by atomic mass is 32.2. The largest absolute Gasteiger partial charge is 0.390 e. The fraction of sp³-hybridized carbons (Fsp3) is 0.562. The number of aliphatic hydroxyl groups is 1. The van der Waals surface area contributed by atoms with Crippen LogP contribution in [0.4, 0.5) is 11.6 Å². The van der Waals surface area contributed by atoms with Crippen LogP contribution in [0, 0.1) is 29.6 Å². The molecule has 4 N–H and O–H groups in total. The molecule has 1 heterocycles. The van der Waals surface area contributed by atoms with Gasteiger partial charge in [-0.15, -0.1) is 11.8 Å². The van der Waals surface area contributed by atoms with Gasteiger partial charge >= 0.3 is 0 Å². The third-order valence-electron chi connectivity index (χ3n) is 7.45. The normalized spacial score (nSPS) is 17.7. The number of carbonyl (C=O) groups is 1. The van der Waals surface area contributed by atoms with Crippen LogP contribution in [0.5, 0.6) is 0 Å². The lowest BCUT2D eigenvalue weighted by molar-refractivity contribution is 0.0831. The number of nitrogens with zero attached hydrogens (tertiary/aromatic N) is 2. The monoisotopic (exact) mass is 597 g/mol. The van der Waals surface area contributed by atoms with Gasteiger partial charge in [0.25, 0.3) is 5.91 Å². The molecule has 230 valence electrons. The van der Waals surface area contributed by atoms with Gasteiger partial charge in [0.05, 0.1) is 17.4 Å². The number of aliphatic hydroxyl groups excluding tert-OH is 1. The highest BCUT2D eigenvalue weighted by molar-refractivity contribution is 7.93. The van der Waals surface area contributed by atoms with Crippen molar-refractivity contribution in [2.45, 2.75) is 71.3 Å². The van der Waals surface area contributed by atoms with E-state index in [1.807, 2.05) is 44.2 Å². The van der Waals surface area contributed by atoms with Crippen molar-refractivity contribution >= 4 is 27.6 Å². The van der Waals surface area contributed by atoms with Gasteiger partial charge < -0.3 is 21.1 Å². The Kier molecular flexibility index (Phi) is 12.2. The van der Waals surface area contributed by atoms with Gasteiger partial charge in [-0.25, -0.2) is 13.4 Å². The van der Waals surface area contributed by atoms with Crippen LogP contribution >= 0.6 is 0 Å². The number of anilines is 2. The molecule has 1 aliphatic carbocycles. The second-order valence-electron chi connectivity index (χ2n) is 11.8. The Bertz CT molecular complexity index is 1340. The van der Waals surface area contributed by atoms with E-state index in [9.17, 15) is 18.3 Å². The van der Waals surface area contributed by atoms with Gasteiger partial charge in [0.1, 0.15) is 11.6 Å². The Balaban J connectivity index is 1.81. The third-order valence-corrected chi connectivity index (χ3v) is 9.59. The first-order valence-corrected chi connectivity index (χ1v) is 16.3. The van der Waals surface area contributed by atoms with E-state index in [4.69, 9.17) is 0 Å². The van der Waals surface area contributed by atoms with Crippen molar-refractivity contribution in [1.29, 1.82) is 0 Å². The second-order valence-corrected chi connectivity index (χ2v) is 14.3. The Labute approximate surface area is 251 Å². The molecular formula is C32H47N5O4S. The molecule has 0 unspecified atom stereocenters. The number of carbonyl (C=O) groups excluding carboxylic acids is 1. The number of amides is 1. The zero-order chi connectivity index (χ0) is 30.9. The van der Waals surface area contributed by atoms with Crippen LogP contribution in [-0.2, 0) is 16.4 Å². The molecule has 1 aliphatic rings. The molecule has 1 aromatic carbocycles. The van der Waals surface area contributed by atoms with Crippen LogP contribution in [-0.4, -0.2) is 68.5 Å². The first kappa shape index (κ1) is 33.4. The van der Waals surface area contributed by atoms with Crippen LogP contribution in [0.25, 0.3) is 0 Å². The van der Waals surface area contributed by atoms with Crippen LogP contribution in [0.3, 0.4) is 0 Å². The smallest absolute Gasteiger partial charge is 0.251 e. The molecule has 1 aromatic heterocycles. The lowest BCUT2D eigenvalue weighted by atomic mass is 10.0. The number of hydrogen-bond donors (Lipinski definition) is 4. The maximum Gasteiger partial charge on any atom is 0.251 e. The van der Waals surface area contributed by atoms with Crippen LogP contribution < -0.4 is 20.3 Å². The summed E-state index contributed by atoms with van der Waals surface area (Å²) >= 11 is 0. The molecule has 0 aliphatic heterocycles. The van der Waals surface area contributed by atoms with Crippen molar-refractivity contribution in [2.75, 3.05) is 36.3 Å². The van der Waals surface area contributed by atoms with Gasteiger partial charge in [-0.05, 0) is 56.2 Å². The maximum absolute atomic E-state index is 13.7. The number of sulfonamides is 1. The molecule has 0 saturated heterocycles. The molecule has 1 saturated carbocycles. The standard InChI is InChI=1S/C32H47N5O4S/c1-22(2)12-10-11-15-33-21-29(38)28(17-25-13-8-7-9-14-25)35-32(39)26-18-30(34-20-27-16-24(27)5)36-31(19-26)37(6)42(40,41)23(3)4/h7-9,13-14,18-19,22-24,27-29,33,38H,11,15-17,20-21H2,1-6H3,(H,34,36)(H,35,39)/t24-,27+,28-,29+/m0/s1. The van der Waals surface area contributed by atoms with Gasteiger partial charge in [0.2, 0.25) is 10.0 Å². The lowest BCUT2D eigenvalue weighted by Gasteiger charge is -2.26. The zero-order valence-electron chi connectivity index (χ0n) is 25.7. The molecular weight excluding hydrogens is 550 g/mol. The summed E-state index contributed by atoms with van der Waals surface area (Å²) in [6.45, 7) is 11.1. The molecule has 0 bridgehead atoms. The van der Waals surface area contributed by atoms with E-state index in [0.717, 1.165) is 16.3 Å². The van der Waals surface area contributed by atoms with Gasteiger partial charge in [0, 0.05) is 44.6 Å². The minimum atomic E-state index is -3.66. The molecule has 10 heteroatoms. The molecule has 0 radical (unpaired) electrons. The first-order chi connectivity index (χ1) is 19.9. The third kappa shape index (κ3) is 10.0. The number of pyridine rings is 1. The van der Waals surface area contributed by atoms with Crippen molar-refractivity contribution in [1.82, 2.24) is 15.6 Å². The number of benzene rings is 1. The van der Waals surface area contributed by atoms with Gasteiger partial charge in [-0.3, -0.25) is 9.10 Å². The van der Waals surface area contributed by atoms with Crippen molar-refractivity contribution in [3.8, 4) is 11.8 Å². The predicted octanol–water partition coefficient (Wildman–Crippen LogP) is 3.67. The van der Waals surface area contributed by atoms with E-state index in [1.54, 1.807) is 19.9 Å². The van der Waals surface area contributed by atoms with Gasteiger partial charge in [-0.2, -0.15) is 0 Å². The van der Waals surface area contributed by atoms with E-state index < -0.39 is 33.3 Å². The summed E-state index contributed by atoms with van der Waals surface area (Å²) in [5.41, 5.74) is 1.24. The Morgan fingerprint density at radius 3 is 2.48 bits per heavy atom. The highest BCUT2D eigenvalue weighted by Gasteiger charge is 2.32. The minimum Gasteiger partial charge on any atom is -0.390 e. The summed E-state index contributed by atoms with van der Waals surface area (Å²) in [5, 5.41) is 20.0. The summed E-state index contributed by atoms with van der Waals surface area (Å²) in [7, 11) is -2.21. The Morgan fingerprint density at radius 2 is 1.86 bits per heavy atom. The fourth-order valence-corrected chi connectivity index (χ4v) is 5.47. The summed E-state index contributed by atoms with van der Waals surface area (Å²) in [4.78, 5) is 18.2. The quantitative estimate of drug-likeness (QED) is 0.183. The number of rotatable bonds is 15. The van der Waals surface area contributed by atoms with E-state index in [-0.39, 0.29) is 17.9 Å². The van der Waals surface area contributed by atoms with Crippen LogP contribution in [0.2, 0.25) is 0 Å². The van der Waals surface area contributed by atoms with E-state index >= 15 is 0 Å². The topological polar surface area (TPSA) is 124 Å². The van der Waals surface area contributed by atoms with E-state index in [0.29, 0.717) is 49.5 Å². The molecule has 4 atom stereocenters. The Morgan fingerprint density at radius 1 is 1.17 bits per heavy atom. The molecule has 9 nitrogen and oxygen atoms in total. The SMILES string of the molecule is CC(C)C#CCCNC[C@@H](O)[C@H](Cc1ccccc1)NC(=O)c1cc(NC[C@H]2C[C@@H]2C)nc(N(C)S(=O)(=O)C(C)C)c1. The lowest BCUT2D eigenvalue weighted by Crippen LogP contribution is -2.49. The summed E-state index contributed by atoms with van der Waals surface area (Å²) in [6, 6.07) is 12.2. The average Bonchev–Trinajstić information content (AvgIpc) is 3.67. The predicted molar refractivity (Wildman–Crippen MR) is 170 cm³/mol. The summed E-state index contributed by atoms with van der Waals surface area (Å²) in [6.07, 6.45) is 1.35.